The highest BCUT2D eigenvalue weighted by atomic mass is 16.5. The molecule has 0 saturated carbocycles. The number of hydrogen-bond donors (Lipinski definition) is 1. The van der Waals surface area contributed by atoms with Gasteiger partial charge in [-0.3, -0.25) is 4.90 Å². The van der Waals surface area contributed by atoms with E-state index in [4.69, 9.17) is 4.74 Å². The zero-order valence-electron chi connectivity index (χ0n) is 13.1. The van der Waals surface area contributed by atoms with E-state index in [-0.39, 0.29) is 0 Å². The Morgan fingerprint density at radius 1 is 1.43 bits per heavy atom. The molecule has 114 valence electrons. The van der Waals surface area contributed by atoms with Crippen molar-refractivity contribution < 1.29 is 4.74 Å². The topological polar surface area (TPSA) is 48.3 Å². The summed E-state index contributed by atoms with van der Waals surface area (Å²) in [4.78, 5) is 2.54. The van der Waals surface area contributed by atoms with Crippen molar-refractivity contribution in [2.45, 2.75) is 38.8 Å². The molecule has 2 rings (SSSR count). The van der Waals surface area contributed by atoms with E-state index < -0.39 is 0 Å². The molecule has 1 aliphatic heterocycles. The van der Waals surface area contributed by atoms with Gasteiger partial charge in [-0.1, -0.05) is 19.4 Å². The van der Waals surface area contributed by atoms with Crippen LogP contribution in [-0.2, 0) is 6.54 Å². The van der Waals surface area contributed by atoms with Gasteiger partial charge in [-0.2, -0.15) is 5.26 Å². The Kier molecular flexibility index (Phi) is 6.04. The predicted octanol–water partition coefficient (Wildman–Crippen LogP) is 2.53. The van der Waals surface area contributed by atoms with Gasteiger partial charge in [0.2, 0.25) is 0 Å². The van der Waals surface area contributed by atoms with Gasteiger partial charge in [0.05, 0.1) is 12.7 Å². The van der Waals surface area contributed by atoms with Gasteiger partial charge in [0.25, 0.3) is 0 Å². The van der Waals surface area contributed by atoms with E-state index in [1.807, 2.05) is 12.1 Å². The molecule has 0 aromatic heterocycles. The second-order valence-electron chi connectivity index (χ2n) is 5.57. The molecule has 0 bridgehead atoms. The third-order valence-electron chi connectivity index (χ3n) is 4.15. The normalized spacial score (nSPS) is 19.2. The second-order valence-corrected chi connectivity index (χ2v) is 5.57. The molecule has 1 aliphatic rings. The number of hydrogen-bond acceptors (Lipinski definition) is 4. The van der Waals surface area contributed by atoms with E-state index in [2.05, 4.69) is 29.3 Å². The molecule has 21 heavy (non-hydrogen) atoms. The van der Waals surface area contributed by atoms with E-state index in [1.165, 1.54) is 24.8 Å². The van der Waals surface area contributed by atoms with Gasteiger partial charge in [0, 0.05) is 19.1 Å². The van der Waals surface area contributed by atoms with Crippen LogP contribution < -0.4 is 10.1 Å². The average molecular weight is 287 g/mol. The van der Waals surface area contributed by atoms with Crippen molar-refractivity contribution in [1.29, 1.82) is 5.26 Å². The second kappa shape index (κ2) is 8.02. The van der Waals surface area contributed by atoms with E-state index >= 15 is 0 Å². The molecule has 1 fully saturated rings. The highest BCUT2D eigenvalue weighted by molar-refractivity contribution is 5.45. The summed E-state index contributed by atoms with van der Waals surface area (Å²) in [5.74, 6) is 0.657. The van der Waals surface area contributed by atoms with Crippen LogP contribution in [0.5, 0.6) is 5.75 Å². The maximum absolute atomic E-state index is 9.19. The molecule has 1 N–H and O–H groups in total. The average Bonchev–Trinajstić information content (AvgIpc) is 2.54. The number of methoxy groups -OCH3 is 1. The van der Waals surface area contributed by atoms with Crippen LogP contribution in [0.3, 0.4) is 0 Å². The monoisotopic (exact) mass is 287 g/mol. The zero-order chi connectivity index (χ0) is 15.1. The molecule has 1 saturated heterocycles. The van der Waals surface area contributed by atoms with Crippen molar-refractivity contribution in [3.8, 4) is 11.8 Å². The molecule has 1 atom stereocenters. The number of nitrogens with zero attached hydrogens (tertiary/aromatic N) is 2. The first-order valence-electron chi connectivity index (χ1n) is 7.80. The first-order chi connectivity index (χ1) is 10.3. The lowest BCUT2D eigenvalue weighted by Crippen LogP contribution is -2.44. The summed E-state index contributed by atoms with van der Waals surface area (Å²) in [6.45, 7) is 6.28. The van der Waals surface area contributed by atoms with Gasteiger partial charge in [-0.05, 0) is 43.6 Å². The van der Waals surface area contributed by atoms with Crippen molar-refractivity contribution in [1.82, 2.24) is 10.2 Å². The van der Waals surface area contributed by atoms with Crippen LogP contribution in [0.1, 0.15) is 37.3 Å². The van der Waals surface area contributed by atoms with E-state index in [0.717, 1.165) is 26.2 Å². The van der Waals surface area contributed by atoms with Gasteiger partial charge in [-0.15, -0.1) is 0 Å². The summed E-state index contributed by atoms with van der Waals surface area (Å²) in [7, 11) is 1.60. The molecular weight excluding hydrogens is 262 g/mol. The van der Waals surface area contributed by atoms with Gasteiger partial charge in [-0.25, -0.2) is 0 Å². The van der Waals surface area contributed by atoms with E-state index in [9.17, 15) is 5.26 Å². The Morgan fingerprint density at radius 3 is 3.00 bits per heavy atom. The van der Waals surface area contributed by atoms with Crippen LogP contribution in [0.15, 0.2) is 18.2 Å². The Bertz CT molecular complexity index is 495. The minimum atomic E-state index is 0.603. The highest BCUT2D eigenvalue weighted by Crippen LogP contribution is 2.23. The fourth-order valence-electron chi connectivity index (χ4n) is 2.99. The lowest BCUT2D eigenvalue weighted by atomic mass is 10.0. The molecule has 4 nitrogen and oxygen atoms in total. The molecule has 4 heteroatoms. The molecule has 0 spiro atoms. The minimum Gasteiger partial charge on any atom is -0.495 e. The number of ether oxygens (including phenoxy) is 1. The van der Waals surface area contributed by atoms with Crippen molar-refractivity contribution >= 4 is 0 Å². The molecular formula is C17H25N3O. The Balaban J connectivity index is 2.06. The number of likely N-dealkylation sites (N-methyl/N-ethyl adjacent to an activating group) is 1. The summed E-state index contributed by atoms with van der Waals surface area (Å²) in [5.41, 5.74) is 1.81. The summed E-state index contributed by atoms with van der Waals surface area (Å²) in [6, 6.07) is 8.74. The van der Waals surface area contributed by atoms with Crippen LogP contribution in [0.25, 0.3) is 0 Å². The van der Waals surface area contributed by atoms with Gasteiger partial charge in [0.1, 0.15) is 11.8 Å². The first kappa shape index (κ1) is 15.8. The molecule has 0 aliphatic carbocycles. The number of piperidine rings is 1. The third kappa shape index (κ3) is 4.20. The van der Waals surface area contributed by atoms with Crippen LogP contribution in [0.2, 0.25) is 0 Å². The van der Waals surface area contributed by atoms with Gasteiger partial charge >= 0.3 is 0 Å². The molecule has 0 radical (unpaired) electrons. The zero-order valence-corrected chi connectivity index (χ0v) is 13.1. The van der Waals surface area contributed by atoms with Crippen molar-refractivity contribution in [2.75, 3.05) is 26.7 Å². The summed E-state index contributed by atoms with van der Waals surface area (Å²) in [5, 5.41) is 12.7. The maximum Gasteiger partial charge on any atom is 0.136 e. The fraction of sp³-hybridized carbons (Fsp3) is 0.588. The standard InChI is InChI=1S/C17H25N3O/c1-3-19-12-16-6-4-5-9-20(16)13-14-7-8-17(21-2)15(10-14)11-18/h7-8,10,16,19H,3-6,9,12-13H2,1-2H3. The highest BCUT2D eigenvalue weighted by Gasteiger charge is 2.22. The first-order valence-corrected chi connectivity index (χ1v) is 7.80. The Hall–Kier alpha value is -1.57. The molecule has 0 amide bonds. The smallest absolute Gasteiger partial charge is 0.136 e. The SMILES string of the molecule is CCNCC1CCCCN1Cc1ccc(OC)c(C#N)c1. The minimum absolute atomic E-state index is 0.603. The largest absolute Gasteiger partial charge is 0.495 e. The lowest BCUT2D eigenvalue weighted by molar-refractivity contribution is 0.138. The van der Waals surface area contributed by atoms with Gasteiger partial charge < -0.3 is 10.1 Å². The molecule has 1 unspecified atom stereocenters. The third-order valence-corrected chi connectivity index (χ3v) is 4.15. The fourth-order valence-corrected chi connectivity index (χ4v) is 2.99. The number of nitrogens with one attached hydrogen (secondary N) is 1. The van der Waals surface area contributed by atoms with E-state index in [0.29, 0.717) is 17.4 Å². The predicted molar refractivity (Wildman–Crippen MR) is 84.3 cm³/mol. The van der Waals surface area contributed by atoms with Crippen molar-refractivity contribution in [3.63, 3.8) is 0 Å². The Morgan fingerprint density at radius 2 is 2.29 bits per heavy atom. The molecule has 1 heterocycles. The molecule has 1 aromatic rings. The summed E-state index contributed by atoms with van der Waals surface area (Å²) < 4.78 is 5.21. The summed E-state index contributed by atoms with van der Waals surface area (Å²) >= 11 is 0. The van der Waals surface area contributed by atoms with Crippen LogP contribution in [0, 0.1) is 11.3 Å². The van der Waals surface area contributed by atoms with E-state index in [1.54, 1.807) is 7.11 Å². The maximum atomic E-state index is 9.19. The van der Waals surface area contributed by atoms with Crippen molar-refractivity contribution in [3.05, 3.63) is 29.3 Å². The Labute approximate surface area is 127 Å². The summed E-state index contributed by atoms with van der Waals surface area (Å²) in [6.07, 6.45) is 3.84. The lowest BCUT2D eigenvalue weighted by Gasteiger charge is -2.36. The number of nitriles is 1. The van der Waals surface area contributed by atoms with Crippen LogP contribution in [-0.4, -0.2) is 37.7 Å². The van der Waals surface area contributed by atoms with Gasteiger partial charge in [0.15, 0.2) is 0 Å². The molecule has 1 aromatic carbocycles. The van der Waals surface area contributed by atoms with Crippen molar-refractivity contribution in [2.24, 2.45) is 0 Å². The number of rotatable bonds is 6. The quantitative estimate of drug-likeness (QED) is 0.873. The number of benzene rings is 1. The van der Waals surface area contributed by atoms with Crippen LogP contribution >= 0.6 is 0 Å². The number of likely N-dealkylation sites (tertiary alicyclic amines) is 1. The van der Waals surface area contributed by atoms with Crippen LogP contribution in [0.4, 0.5) is 0 Å².